The van der Waals surface area contributed by atoms with Gasteiger partial charge in [0.15, 0.2) is 0 Å². The molecule has 6 aromatic carbocycles. The van der Waals surface area contributed by atoms with Crippen molar-refractivity contribution in [1.82, 2.24) is 0 Å². The standard InChI is InChI=1S/C33H26N4O13S4/c38-29-5-1-3-19-15-25(53(45,46)47)17-27(31(19)29)36-51(41,42)23-11-7-21(8-12-23)34-33(40)35-22-9-13-24(14-10-22)52(43,44)37-28-18-26(54(48,49)50)16-20-4-2-6-30(39)32(20)28/h1-18,36-39H,(H2,34,35,40)(H,45,46,47)(H,48,49,50). The second-order valence-electron chi connectivity index (χ2n) is 11.5. The molecule has 0 unspecified atom stereocenters. The molecule has 0 aliphatic heterocycles. The van der Waals surface area contributed by atoms with Crippen LogP contribution in [-0.2, 0) is 40.3 Å². The maximum atomic E-state index is 13.2. The molecule has 21 heteroatoms. The molecule has 6 aromatic rings. The number of anilines is 4. The molecular weight excluding hydrogens is 789 g/mol. The molecule has 0 heterocycles. The third-order valence-electron chi connectivity index (χ3n) is 7.79. The Morgan fingerprint density at radius 2 is 0.815 bits per heavy atom. The zero-order valence-corrected chi connectivity index (χ0v) is 30.3. The number of nitrogens with one attached hydrogen (secondary N) is 4. The van der Waals surface area contributed by atoms with Crippen molar-refractivity contribution in [3.05, 3.63) is 109 Å². The summed E-state index contributed by atoms with van der Waals surface area (Å²) in [7, 11) is -18.3. The first kappa shape index (κ1) is 37.8. The zero-order valence-electron chi connectivity index (χ0n) is 27.0. The molecule has 8 N–H and O–H groups in total. The highest BCUT2D eigenvalue weighted by molar-refractivity contribution is 7.93. The number of carbonyl (C=O) groups is 1. The fourth-order valence-corrected chi connectivity index (χ4v) is 8.57. The van der Waals surface area contributed by atoms with Crippen LogP contribution in [0.2, 0.25) is 0 Å². The molecule has 0 bridgehead atoms. The van der Waals surface area contributed by atoms with Crippen LogP contribution in [0.1, 0.15) is 0 Å². The minimum absolute atomic E-state index is 0.0234. The highest BCUT2D eigenvalue weighted by Crippen LogP contribution is 2.37. The molecule has 0 atom stereocenters. The summed E-state index contributed by atoms with van der Waals surface area (Å²) < 4.78 is 124. The Balaban J connectivity index is 1.14. The van der Waals surface area contributed by atoms with E-state index < -0.39 is 56.1 Å². The van der Waals surface area contributed by atoms with Gasteiger partial charge in [-0.25, -0.2) is 21.6 Å². The largest absolute Gasteiger partial charge is 0.507 e. The lowest BCUT2D eigenvalue weighted by Gasteiger charge is -2.14. The van der Waals surface area contributed by atoms with Crippen LogP contribution in [0, 0.1) is 0 Å². The number of phenolic OH excluding ortho intramolecular Hbond substituents is 2. The number of phenols is 2. The molecule has 2 amide bonds. The Morgan fingerprint density at radius 1 is 0.463 bits per heavy atom. The monoisotopic (exact) mass is 814 g/mol. The van der Waals surface area contributed by atoms with E-state index in [1.807, 2.05) is 0 Å². The van der Waals surface area contributed by atoms with Gasteiger partial charge in [0.1, 0.15) is 11.5 Å². The van der Waals surface area contributed by atoms with Crippen LogP contribution < -0.4 is 20.1 Å². The SMILES string of the molecule is O=C(Nc1ccc(S(=O)(=O)Nc2cc(S(=O)(=O)O)cc3cccc(O)c23)cc1)Nc1ccc(S(=O)(=O)Nc2cc(S(=O)(=O)O)cc3cccc(O)c23)cc1. The van der Waals surface area contributed by atoms with Gasteiger partial charge in [0.25, 0.3) is 40.3 Å². The maximum absolute atomic E-state index is 13.2. The van der Waals surface area contributed by atoms with Gasteiger partial charge in [-0.05, 0) is 95.7 Å². The maximum Gasteiger partial charge on any atom is 0.323 e. The molecule has 0 aliphatic rings. The number of carbonyl (C=O) groups excluding carboxylic acids is 1. The van der Waals surface area contributed by atoms with Crippen LogP contribution in [0.5, 0.6) is 11.5 Å². The normalized spacial score (nSPS) is 12.3. The molecule has 0 saturated carbocycles. The van der Waals surface area contributed by atoms with Gasteiger partial charge in [-0.3, -0.25) is 18.5 Å². The van der Waals surface area contributed by atoms with E-state index in [0.717, 1.165) is 48.5 Å². The predicted molar refractivity (Wildman–Crippen MR) is 198 cm³/mol. The second kappa shape index (κ2) is 13.8. The lowest BCUT2D eigenvalue weighted by atomic mass is 10.1. The number of aromatic hydroxyl groups is 2. The Bertz CT molecular complexity index is 2740. The number of hydrogen-bond acceptors (Lipinski definition) is 11. The lowest BCUT2D eigenvalue weighted by Crippen LogP contribution is -2.20. The van der Waals surface area contributed by atoms with E-state index in [1.165, 1.54) is 60.7 Å². The van der Waals surface area contributed by atoms with Crippen molar-refractivity contribution >= 4 is 90.6 Å². The first-order chi connectivity index (χ1) is 25.2. The van der Waals surface area contributed by atoms with Crippen LogP contribution in [-0.4, -0.2) is 59.0 Å². The van der Waals surface area contributed by atoms with Crippen LogP contribution >= 0.6 is 0 Å². The molecule has 6 rings (SSSR count). The predicted octanol–water partition coefficient (Wildman–Crippen LogP) is 5.14. The summed E-state index contributed by atoms with van der Waals surface area (Å²) >= 11 is 0. The average Bonchev–Trinajstić information content (AvgIpc) is 3.07. The Labute approximate surface area is 307 Å². The topological polar surface area (TPSA) is 283 Å². The van der Waals surface area contributed by atoms with Crippen molar-refractivity contribution in [2.24, 2.45) is 0 Å². The number of amides is 2. The fourth-order valence-electron chi connectivity index (χ4n) is 5.36. The molecule has 54 heavy (non-hydrogen) atoms. The number of rotatable bonds is 10. The minimum atomic E-state index is -4.75. The lowest BCUT2D eigenvalue weighted by molar-refractivity contribution is 0.262. The van der Waals surface area contributed by atoms with Crippen molar-refractivity contribution in [2.45, 2.75) is 19.6 Å². The number of benzene rings is 6. The third kappa shape index (κ3) is 8.00. The molecule has 0 saturated heterocycles. The van der Waals surface area contributed by atoms with E-state index >= 15 is 0 Å². The van der Waals surface area contributed by atoms with Gasteiger partial charge in [-0.1, -0.05) is 24.3 Å². The van der Waals surface area contributed by atoms with Crippen molar-refractivity contribution in [2.75, 3.05) is 20.1 Å². The number of hydrogen-bond donors (Lipinski definition) is 8. The molecule has 0 spiro atoms. The number of sulfonamides is 2. The van der Waals surface area contributed by atoms with Gasteiger partial charge >= 0.3 is 6.03 Å². The van der Waals surface area contributed by atoms with E-state index in [-0.39, 0.29) is 65.6 Å². The molecule has 17 nitrogen and oxygen atoms in total. The summed E-state index contributed by atoms with van der Waals surface area (Å²) in [6.07, 6.45) is 0. The van der Waals surface area contributed by atoms with Crippen LogP contribution in [0.3, 0.4) is 0 Å². The smallest absolute Gasteiger partial charge is 0.323 e. The first-order valence-corrected chi connectivity index (χ1v) is 20.9. The van der Waals surface area contributed by atoms with Gasteiger partial charge in [0.05, 0.1) is 31.0 Å². The second-order valence-corrected chi connectivity index (χ2v) is 17.7. The van der Waals surface area contributed by atoms with Crippen LogP contribution in [0.4, 0.5) is 27.5 Å². The van der Waals surface area contributed by atoms with Crippen molar-refractivity contribution in [1.29, 1.82) is 0 Å². The molecule has 0 aromatic heterocycles. The minimum Gasteiger partial charge on any atom is -0.507 e. The summed E-state index contributed by atoms with van der Waals surface area (Å²) in [5.74, 6) is -0.714. The Kier molecular flexibility index (Phi) is 9.64. The fraction of sp³-hybridized carbons (Fsp3) is 0. The van der Waals surface area contributed by atoms with Gasteiger partial charge in [-0.2, -0.15) is 16.8 Å². The molecule has 0 aliphatic carbocycles. The van der Waals surface area contributed by atoms with Crippen molar-refractivity contribution < 1.29 is 57.8 Å². The van der Waals surface area contributed by atoms with E-state index in [4.69, 9.17) is 0 Å². The average molecular weight is 815 g/mol. The molecule has 280 valence electrons. The first-order valence-electron chi connectivity index (χ1n) is 15.0. The van der Waals surface area contributed by atoms with Crippen LogP contribution in [0.25, 0.3) is 21.5 Å². The highest BCUT2D eigenvalue weighted by atomic mass is 32.2. The highest BCUT2D eigenvalue weighted by Gasteiger charge is 2.23. The van der Waals surface area contributed by atoms with E-state index in [9.17, 15) is 57.8 Å². The van der Waals surface area contributed by atoms with Crippen molar-refractivity contribution in [3.63, 3.8) is 0 Å². The Morgan fingerprint density at radius 3 is 1.15 bits per heavy atom. The summed E-state index contributed by atoms with van der Waals surface area (Å²) in [6.45, 7) is 0. The van der Waals surface area contributed by atoms with Gasteiger partial charge in [-0.15, -0.1) is 0 Å². The van der Waals surface area contributed by atoms with Gasteiger partial charge < -0.3 is 20.8 Å². The summed E-state index contributed by atoms with van der Waals surface area (Å²) in [6, 6.07) is 20.7. The zero-order chi connectivity index (χ0) is 39.2. The quantitative estimate of drug-likeness (QED) is 0.0833. The molecule has 0 radical (unpaired) electrons. The Hall–Kier alpha value is -5.97. The summed E-state index contributed by atoms with van der Waals surface area (Å²) in [5, 5.41) is 25.9. The number of urea groups is 1. The summed E-state index contributed by atoms with van der Waals surface area (Å²) in [4.78, 5) is 10.8. The van der Waals surface area contributed by atoms with E-state index in [0.29, 0.717) is 0 Å². The van der Waals surface area contributed by atoms with Gasteiger partial charge in [0.2, 0.25) is 0 Å². The van der Waals surface area contributed by atoms with Gasteiger partial charge in [0, 0.05) is 22.1 Å². The van der Waals surface area contributed by atoms with Crippen molar-refractivity contribution in [3.8, 4) is 11.5 Å². The van der Waals surface area contributed by atoms with E-state index in [1.54, 1.807) is 0 Å². The molecular formula is C33H26N4O13S4. The molecule has 0 fully saturated rings. The third-order valence-corrected chi connectivity index (χ3v) is 12.2. The van der Waals surface area contributed by atoms with Crippen LogP contribution in [0.15, 0.2) is 129 Å². The van der Waals surface area contributed by atoms with E-state index in [2.05, 4.69) is 20.1 Å². The summed E-state index contributed by atoms with van der Waals surface area (Å²) in [5.41, 5.74) is -0.384. The number of fused-ring (bicyclic) bond motifs is 2.